The van der Waals surface area contributed by atoms with Crippen LogP contribution in [0.15, 0.2) is 46.6 Å². The molecule has 2 aromatic rings. The molecule has 8 heteroatoms. The number of nitrogens with two attached hydrogens (primary N) is 2. The second kappa shape index (κ2) is 7.74. The van der Waals surface area contributed by atoms with Crippen molar-refractivity contribution in [3.8, 4) is 0 Å². The Labute approximate surface area is 133 Å². The van der Waals surface area contributed by atoms with Gasteiger partial charge >= 0.3 is 6.09 Å². The average molecular weight is 314 g/mol. The summed E-state index contributed by atoms with van der Waals surface area (Å²) in [5.41, 5.74) is 13.1. The number of carbonyl (C=O) groups excluding carboxylic acids is 1. The lowest BCUT2D eigenvalue weighted by Gasteiger charge is -2.08. The number of benzene rings is 1. The number of nitrogens with one attached hydrogen (secondary N) is 1. The third-order valence-corrected chi connectivity index (χ3v) is 2.85. The Morgan fingerprint density at radius 2 is 2.04 bits per heavy atom. The molecule has 0 saturated heterocycles. The molecule has 0 aliphatic carbocycles. The Kier molecular flexibility index (Phi) is 5.45. The molecule has 0 unspecified atom stereocenters. The van der Waals surface area contributed by atoms with Gasteiger partial charge in [0.2, 0.25) is 0 Å². The van der Waals surface area contributed by atoms with Gasteiger partial charge in [0.25, 0.3) is 0 Å². The van der Waals surface area contributed by atoms with Gasteiger partial charge < -0.3 is 16.2 Å². The highest BCUT2D eigenvalue weighted by Gasteiger charge is 2.10. The van der Waals surface area contributed by atoms with E-state index < -0.39 is 6.09 Å². The van der Waals surface area contributed by atoms with Gasteiger partial charge in [-0.25, -0.2) is 9.78 Å². The number of ether oxygens (including phenoxy) is 1. The maximum Gasteiger partial charge on any atom is 0.412 e. The van der Waals surface area contributed by atoms with Crippen LogP contribution >= 0.6 is 0 Å². The van der Waals surface area contributed by atoms with Gasteiger partial charge in [-0.1, -0.05) is 30.3 Å². The fourth-order valence-corrected chi connectivity index (χ4v) is 1.76. The van der Waals surface area contributed by atoms with Crippen LogP contribution in [0.2, 0.25) is 0 Å². The van der Waals surface area contributed by atoms with Gasteiger partial charge in [-0.2, -0.15) is 10.2 Å². The van der Waals surface area contributed by atoms with E-state index in [9.17, 15) is 4.79 Å². The van der Waals surface area contributed by atoms with Crippen molar-refractivity contribution in [2.75, 3.05) is 23.4 Å². The van der Waals surface area contributed by atoms with Gasteiger partial charge in [-0.05, 0) is 12.5 Å². The summed E-state index contributed by atoms with van der Waals surface area (Å²) in [6, 6.07) is 11.1. The largest absolute Gasteiger partial charge is 0.450 e. The van der Waals surface area contributed by atoms with Crippen molar-refractivity contribution < 1.29 is 9.53 Å². The standard InChI is InChI=1S/C15H18N6O2/c1-2-23-15(22)20-12-8-11(13(16)14(17)19-12)21-18-9-10-6-4-3-5-7-10/h3-8H,2,9,16H2,1H3,(H3,17,19,20,22). The monoisotopic (exact) mass is 314 g/mol. The summed E-state index contributed by atoms with van der Waals surface area (Å²) in [6.45, 7) is 2.36. The molecule has 120 valence electrons. The van der Waals surface area contributed by atoms with Gasteiger partial charge in [0, 0.05) is 6.07 Å². The summed E-state index contributed by atoms with van der Waals surface area (Å²) in [5, 5.41) is 10.6. The highest BCUT2D eigenvalue weighted by atomic mass is 16.5. The lowest BCUT2D eigenvalue weighted by atomic mass is 10.2. The Morgan fingerprint density at radius 1 is 1.30 bits per heavy atom. The number of hydrogen-bond donors (Lipinski definition) is 3. The molecule has 0 bridgehead atoms. The van der Waals surface area contributed by atoms with Gasteiger partial charge in [0.05, 0.1) is 13.2 Å². The van der Waals surface area contributed by atoms with Crippen molar-refractivity contribution in [2.24, 2.45) is 10.2 Å². The normalized spacial score (nSPS) is 10.7. The minimum Gasteiger partial charge on any atom is -0.450 e. The van der Waals surface area contributed by atoms with Crippen molar-refractivity contribution in [1.82, 2.24) is 4.98 Å². The van der Waals surface area contributed by atoms with E-state index in [1.807, 2.05) is 30.3 Å². The molecule has 23 heavy (non-hydrogen) atoms. The minimum atomic E-state index is -0.628. The van der Waals surface area contributed by atoms with E-state index in [1.54, 1.807) is 6.92 Å². The number of nitrogens with zero attached hydrogens (tertiary/aromatic N) is 3. The molecule has 1 amide bonds. The Morgan fingerprint density at radius 3 is 2.74 bits per heavy atom. The fraction of sp³-hybridized carbons (Fsp3) is 0.200. The first-order valence-corrected chi connectivity index (χ1v) is 7.01. The van der Waals surface area contributed by atoms with Crippen LogP contribution in [0.4, 0.5) is 27.8 Å². The zero-order valence-corrected chi connectivity index (χ0v) is 12.7. The van der Waals surface area contributed by atoms with Crippen LogP contribution in [0.1, 0.15) is 12.5 Å². The van der Waals surface area contributed by atoms with Crippen molar-refractivity contribution >= 4 is 29.1 Å². The molecule has 0 aliphatic heterocycles. The van der Waals surface area contributed by atoms with E-state index in [4.69, 9.17) is 16.2 Å². The second-order valence-electron chi connectivity index (χ2n) is 4.56. The maximum atomic E-state index is 11.4. The van der Waals surface area contributed by atoms with Crippen LogP contribution in [-0.2, 0) is 11.3 Å². The molecule has 5 N–H and O–H groups in total. The van der Waals surface area contributed by atoms with E-state index >= 15 is 0 Å². The molecule has 0 aliphatic rings. The first kappa shape index (κ1) is 16.2. The summed E-state index contributed by atoms with van der Waals surface area (Å²) < 4.78 is 4.78. The van der Waals surface area contributed by atoms with Crippen LogP contribution in [0.25, 0.3) is 0 Å². The number of aromatic nitrogens is 1. The molecule has 0 fully saturated rings. The summed E-state index contributed by atoms with van der Waals surface area (Å²) in [4.78, 5) is 15.4. The smallest absolute Gasteiger partial charge is 0.412 e. The van der Waals surface area contributed by atoms with Gasteiger partial charge in [-0.15, -0.1) is 0 Å². The van der Waals surface area contributed by atoms with Gasteiger partial charge in [-0.3, -0.25) is 5.32 Å². The fourth-order valence-electron chi connectivity index (χ4n) is 1.76. The second-order valence-corrected chi connectivity index (χ2v) is 4.56. The summed E-state index contributed by atoms with van der Waals surface area (Å²) in [6.07, 6.45) is -0.628. The SMILES string of the molecule is CCOC(=O)Nc1cc(N=NCc2ccccc2)c(N)c(N)n1. The third kappa shape index (κ3) is 4.67. The molecule has 1 heterocycles. The molecule has 8 nitrogen and oxygen atoms in total. The number of nitrogen functional groups attached to an aromatic ring is 2. The molecule has 1 aromatic carbocycles. The predicted molar refractivity (Wildman–Crippen MR) is 88.4 cm³/mol. The molecule has 0 radical (unpaired) electrons. The van der Waals surface area contributed by atoms with Crippen LogP contribution < -0.4 is 16.8 Å². The van der Waals surface area contributed by atoms with Crippen LogP contribution in [0, 0.1) is 0 Å². The minimum absolute atomic E-state index is 0.0629. The molecular formula is C15H18N6O2. The number of hydrogen-bond acceptors (Lipinski definition) is 7. The van der Waals surface area contributed by atoms with Crippen LogP contribution in [-0.4, -0.2) is 17.7 Å². The molecule has 1 aromatic heterocycles. The van der Waals surface area contributed by atoms with E-state index in [-0.39, 0.29) is 23.9 Å². The van der Waals surface area contributed by atoms with Crippen LogP contribution in [0.3, 0.4) is 0 Å². The Bertz CT molecular complexity index is 703. The average Bonchev–Trinajstić information content (AvgIpc) is 2.53. The molecule has 0 spiro atoms. The molecule has 0 atom stereocenters. The lowest BCUT2D eigenvalue weighted by molar-refractivity contribution is 0.168. The molecule has 2 rings (SSSR count). The number of amides is 1. The van der Waals surface area contributed by atoms with Crippen molar-refractivity contribution in [3.05, 3.63) is 42.0 Å². The quantitative estimate of drug-likeness (QED) is 0.730. The zero-order valence-electron chi connectivity index (χ0n) is 12.7. The Hall–Kier alpha value is -3.16. The van der Waals surface area contributed by atoms with Crippen LogP contribution in [0.5, 0.6) is 0 Å². The lowest BCUT2D eigenvalue weighted by Crippen LogP contribution is -2.15. The number of pyridine rings is 1. The molecule has 0 saturated carbocycles. The maximum absolute atomic E-state index is 11.4. The predicted octanol–water partition coefficient (Wildman–Crippen LogP) is 3.10. The first-order chi connectivity index (χ1) is 11.1. The highest BCUT2D eigenvalue weighted by molar-refractivity contribution is 5.86. The molecular weight excluding hydrogens is 296 g/mol. The van der Waals surface area contributed by atoms with Gasteiger partial charge in [0.1, 0.15) is 17.2 Å². The summed E-state index contributed by atoms with van der Waals surface area (Å²) in [7, 11) is 0. The third-order valence-electron chi connectivity index (χ3n) is 2.85. The van der Waals surface area contributed by atoms with Gasteiger partial charge in [0.15, 0.2) is 5.82 Å². The first-order valence-electron chi connectivity index (χ1n) is 7.01. The number of anilines is 3. The van der Waals surface area contributed by atoms with Crippen molar-refractivity contribution in [3.63, 3.8) is 0 Å². The summed E-state index contributed by atoms with van der Waals surface area (Å²) >= 11 is 0. The van der Waals surface area contributed by atoms with E-state index in [1.165, 1.54) is 6.07 Å². The Balaban J connectivity index is 2.14. The van der Waals surface area contributed by atoms with E-state index in [2.05, 4.69) is 20.5 Å². The topological polar surface area (TPSA) is 128 Å². The number of carbonyl (C=O) groups is 1. The highest BCUT2D eigenvalue weighted by Crippen LogP contribution is 2.29. The number of azo groups is 1. The summed E-state index contributed by atoms with van der Waals surface area (Å²) in [5.74, 6) is 0.261. The van der Waals surface area contributed by atoms with E-state index in [0.717, 1.165) is 5.56 Å². The van der Waals surface area contributed by atoms with Crippen molar-refractivity contribution in [1.29, 1.82) is 0 Å². The zero-order chi connectivity index (χ0) is 16.7. The van der Waals surface area contributed by atoms with Crippen molar-refractivity contribution in [2.45, 2.75) is 13.5 Å². The number of rotatable bonds is 5. The van der Waals surface area contributed by atoms with E-state index in [0.29, 0.717) is 12.2 Å².